The lowest BCUT2D eigenvalue weighted by Crippen LogP contribution is -2.34. The highest BCUT2D eigenvalue weighted by Gasteiger charge is 2.25. The molecule has 2 aromatic carbocycles. The number of carbonyl (C=O) groups is 2. The van der Waals surface area contributed by atoms with Gasteiger partial charge in [0.15, 0.2) is 5.78 Å². The molecule has 1 atom stereocenters. The van der Waals surface area contributed by atoms with Gasteiger partial charge >= 0.3 is 5.97 Å². The quantitative estimate of drug-likeness (QED) is 0.717. The zero-order valence-electron chi connectivity index (χ0n) is 13.9. The monoisotopic (exact) mass is 325 g/mol. The third-order valence-electron chi connectivity index (χ3n) is 4.02. The molecule has 2 aromatic rings. The summed E-state index contributed by atoms with van der Waals surface area (Å²) in [5, 5.41) is 9.18. The van der Waals surface area contributed by atoms with Crippen LogP contribution in [-0.2, 0) is 11.3 Å². The third-order valence-corrected chi connectivity index (χ3v) is 4.02. The normalized spacial score (nSPS) is 12.1. The molecule has 0 aliphatic heterocycles. The molecule has 0 radical (unpaired) electrons. The molecule has 0 heterocycles. The van der Waals surface area contributed by atoms with E-state index in [1.54, 1.807) is 24.3 Å². The fourth-order valence-corrected chi connectivity index (χ4v) is 2.75. The molecule has 0 amide bonds. The first-order valence-electron chi connectivity index (χ1n) is 8.17. The van der Waals surface area contributed by atoms with Crippen LogP contribution in [0.25, 0.3) is 0 Å². The van der Waals surface area contributed by atoms with Gasteiger partial charge in [-0.25, -0.2) is 0 Å². The van der Waals surface area contributed by atoms with Gasteiger partial charge in [0.1, 0.15) is 0 Å². The lowest BCUT2D eigenvalue weighted by atomic mass is 9.93. The molecule has 1 N–H and O–H groups in total. The van der Waals surface area contributed by atoms with E-state index in [1.807, 2.05) is 43.3 Å². The van der Waals surface area contributed by atoms with Gasteiger partial charge in [-0.05, 0) is 12.1 Å². The molecule has 0 fully saturated rings. The maximum atomic E-state index is 12.7. The van der Waals surface area contributed by atoms with Crippen LogP contribution in [0.2, 0.25) is 0 Å². The fourth-order valence-electron chi connectivity index (χ4n) is 2.75. The van der Waals surface area contributed by atoms with Crippen LogP contribution in [0.5, 0.6) is 0 Å². The highest BCUT2D eigenvalue weighted by Crippen LogP contribution is 2.16. The van der Waals surface area contributed by atoms with E-state index in [0.717, 1.165) is 12.1 Å². The van der Waals surface area contributed by atoms with Crippen molar-refractivity contribution in [1.82, 2.24) is 4.90 Å². The van der Waals surface area contributed by atoms with E-state index in [2.05, 4.69) is 4.90 Å². The number of Topliss-reactive ketones (excluding diaryl/α,β-unsaturated/α-hetero) is 1. The Labute approximate surface area is 142 Å². The molecule has 24 heavy (non-hydrogen) atoms. The first-order valence-corrected chi connectivity index (χ1v) is 8.17. The lowest BCUT2D eigenvalue weighted by Gasteiger charge is -2.25. The van der Waals surface area contributed by atoms with Crippen LogP contribution >= 0.6 is 0 Å². The Morgan fingerprint density at radius 1 is 1.00 bits per heavy atom. The number of rotatable bonds is 9. The summed E-state index contributed by atoms with van der Waals surface area (Å²) in [6, 6.07) is 18.9. The Bertz CT molecular complexity index is 655. The third kappa shape index (κ3) is 5.32. The SMILES string of the molecule is CCN(Cc1ccccc1)CC(CC(=O)O)C(=O)c1ccccc1. The van der Waals surface area contributed by atoms with Crippen molar-refractivity contribution in [3.05, 3.63) is 71.8 Å². The molecule has 0 aliphatic rings. The van der Waals surface area contributed by atoms with Crippen LogP contribution in [-0.4, -0.2) is 34.8 Å². The van der Waals surface area contributed by atoms with Crippen molar-refractivity contribution in [3.63, 3.8) is 0 Å². The molecule has 0 spiro atoms. The minimum atomic E-state index is -0.944. The first kappa shape index (κ1) is 17.9. The molecule has 0 saturated carbocycles. The number of carboxylic acids is 1. The second kappa shape index (κ2) is 8.99. The van der Waals surface area contributed by atoms with Crippen molar-refractivity contribution in [2.75, 3.05) is 13.1 Å². The summed E-state index contributed by atoms with van der Waals surface area (Å²) in [5.41, 5.74) is 1.72. The van der Waals surface area contributed by atoms with Gasteiger partial charge in [0.05, 0.1) is 6.42 Å². The molecule has 0 aliphatic carbocycles. The van der Waals surface area contributed by atoms with Crippen molar-refractivity contribution < 1.29 is 14.7 Å². The Kier molecular flexibility index (Phi) is 6.70. The number of benzene rings is 2. The van der Waals surface area contributed by atoms with Gasteiger partial charge < -0.3 is 5.11 Å². The molecule has 126 valence electrons. The molecule has 1 unspecified atom stereocenters. The van der Waals surface area contributed by atoms with Crippen LogP contribution in [0.3, 0.4) is 0 Å². The van der Waals surface area contributed by atoms with Gasteiger partial charge in [0, 0.05) is 24.6 Å². The van der Waals surface area contributed by atoms with Gasteiger partial charge in [-0.2, -0.15) is 0 Å². The number of hydrogen-bond donors (Lipinski definition) is 1. The predicted molar refractivity (Wildman–Crippen MR) is 93.9 cm³/mol. The molecule has 0 bridgehead atoms. The van der Waals surface area contributed by atoms with Gasteiger partial charge in [-0.1, -0.05) is 67.6 Å². The zero-order chi connectivity index (χ0) is 17.4. The Morgan fingerprint density at radius 2 is 1.58 bits per heavy atom. The second-order valence-electron chi connectivity index (χ2n) is 5.84. The maximum absolute atomic E-state index is 12.7. The highest BCUT2D eigenvalue weighted by molar-refractivity contribution is 5.99. The largest absolute Gasteiger partial charge is 0.481 e. The number of carboxylic acid groups (broad SMARTS) is 1. The summed E-state index contributed by atoms with van der Waals surface area (Å²) in [5.74, 6) is -1.60. The fraction of sp³-hybridized carbons (Fsp3) is 0.300. The van der Waals surface area contributed by atoms with E-state index < -0.39 is 11.9 Å². The molecular weight excluding hydrogens is 302 g/mol. The van der Waals surface area contributed by atoms with Crippen LogP contribution in [0.4, 0.5) is 0 Å². The average Bonchev–Trinajstić information content (AvgIpc) is 2.61. The summed E-state index contributed by atoms with van der Waals surface area (Å²) >= 11 is 0. The summed E-state index contributed by atoms with van der Waals surface area (Å²) < 4.78 is 0. The second-order valence-corrected chi connectivity index (χ2v) is 5.84. The zero-order valence-corrected chi connectivity index (χ0v) is 13.9. The van der Waals surface area contributed by atoms with E-state index in [1.165, 1.54) is 0 Å². The summed E-state index contributed by atoms with van der Waals surface area (Å²) in [6.45, 7) is 3.92. The van der Waals surface area contributed by atoms with Crippen LogP contribution in [0.15, 0.2) is 60.7 Å². The molecule has 4 nitrogen and oxygen atoms in total. The topological polar surface area (TPSA) is 57.6 Å². The van der Waals surface area contributed by atoms with Crippen molar-refractivity contribution in [1.29, 1.82) is 0 Å². The number of ketones is 1. The number of carbonyl (C=O) groups excluding carboxylic acids is 1. The minimum Gasteiger partial charge on any atom is -0.481 e. The summed E-state index contributed by atoms with van der Waals surface area (Å²) in [7, 11) is 0. The molecule has 2 rings (SSSR count). The van der Waals surface area contributed by atoms with E-state index in [0.29, 0.717) is 18.7 Å². The van der Waals surface area contributed by atoms with Crippen molar-refractivity contribution in [2.45, 2.75) is 19.9 Å². The van der Waals surface area contributed by atoms with E-state index in [-0.39, 0.29) is 12.2 Å². The average molecular weight is 325 g/mol. The molecule has 0 saturated heterocycles. The van der Waals surface area contributed by atoms with Crippen LogP contribution in [0, 0.1) is 5.92 Å². The standard InChI is InChI=1S/C20H23NO3/c1-2-21(14-16-9-5-3-6-10-16)15-18(13-19(22)23)20(24)17-11-7-4-8-12-17/h3-12,18H,2,13-15H2,1H3,(H,22,23). The number of hydrogen-bond acceptors (Lipinski definition) is 3. The Balaban J connectivity index is 2.11. The van der Waals surface area contributed by atoms with Gasteiger partial charge in [0.25, 0.3) is 0 Å². The van der Waals surface area contributed by atoms with E-state index >= 15 is 0 Å². The smallest absolute Gasteiger partial charge is 0.304 e. The maximum Gasteiger partial charge on any atom is 0.304 e. The van der Waals surface area contributed by atoms with Crippen LogP contribution in [0.1, 0.15) is 29.3 Å². The Hall–Kier alpha value is -2.46. The molecule has 0 aromatic heterocycles. The summed E-state index contributed by atoms with van der Waals surface area (Å²) in [4.78, 5) is 26.0. The van der Waals surface area contributed by atoms with Gasteiger partial charge in [-0.3, -0.25) is 14.5 Å². The van der Waals surface area contributed by atoms with Crippen LogP contribution < -0.4 is 0 Å². The molecule has 4 heteroatoms. The van der Waals surface area contributed by atoms with E-state index in [4.69, 9.17) is 0 Å². The summed E-state index contributed by atoms with van der Waals surface area (Å²) in [6.07, 6.45) is -0.154. The molecular formula is C20H23NO3. The van der Waals surface area contributed by atoms with Gasteiger partial charge in [0.2, 0.25) is 0 Å². The highest BCUT2D eigenvalue weighted by atomic mass is 16.4. The lowest BCUT2D eigenvalue weighted by molar-refractivity contribution is -0.137. The Morgan fingerprint density at radius 3 is 2.12 bits per heavy atom. The van der Waals surface area contributed by atoms with Crippen molar-refractivity contribution >= 4 is 11.8 Å². The van der Waals surface area contributed by atoms with Gasteiger partial charge in [-0.15, -0.1) is 0 Å². The minimum absolute atomic E-state index is 0.107. The predicted octanol–water partition coefficient (Wildman–Crippen LogP) is 3.48. The van der Waals surface area contributed by atoms with Crippen molar-refractivity contribution in [2.24, 2.45) is 5.92 Å². The number of aliphatic carboxylic acids is 1. The van der Waals surface area contributed by atoms with Crippen molar-refractivity contribution in [3.8, 4) is 0 Å². The number of nitrogens with zero attached hydrogens (tertiary/aromatic N) is 1. The first-order chi connectivity index (χ1) is 11.6. The van der Waals surface area contributed by atoms with E-state index in [9.17, 15) is 14.7 Å².